The van der Waals surface area contributed by atoms with Crippen molar-refractivity contribution >= 4 is 35.4 Å². The van der Waals surface area contributed by atoms with E-state index in [1.165, 1.54) is 5.54 Å². The Morgan fingerprint density at radius 1 is 1.52 bits per heavy atom. The molecule has 0 aromatic rings. The van der Waals surface area contributed by atoms with Crippen LogP contribution in [0.4, 0.5) is 0 Å². The zero-order chi connectivity index (χ0) is 17.1. The molecule has 6 heteroatoms. The van der Waals surface area contributed by atoms with Crippen molar-refractivity contribution in [1.82, 2.24) is 0 Å². The fraction of sp³-hybridized carbons (Fsp3) is 0.647. The topological polar surface area (TPSA) is 58.9 Å². The molecular formula is C17H26ClNO3S. The molecule has 1 N–H and O–H groups in total. The smallest absolute Gasteiger partial charge is 0.162 e. The summed E-state index contributed by atoms with van der Waals surface area (Å²) >= 11 is 7.25. The molecule has 0 heterocycles. The van der Waals surface area contributed by atoms with Crippen LogP contribution in [0.5, 0.6) is 0 Å². The summed E-state index contributed by atoms with van der Waals surface area (Å²) < 4.78 is 0. The van der Waals surface area contributed by atoms with Gasteiger partial charge in [0.2, 0.25) is 0 Å². The minimum absolute atomic E-state index is 0.0758. The monoisotopic (exact) mass is 359 g/mol. The number of aliphatic hydroxyl groups is 1. The van der Waals surface area contributed by atoms with Crippen molar-refractivity contribution in [2.24, 2.45) is 11.1 Å². The van der Waals surface area contributed by atoms with Gasteiger partial charge < -0.3 is 9.94 Å². The van der Waals surface area contributed by atoms with Crippen molar-refractivity contribution in [3.8, 4) is 0 Å². The Balaban J connectivity index is 2.42. The van der Waals surface area contributed by atoms with Gasteiger partial charge in [-0.3, -0.25) is 4.79 Å². The van der Waals surface area contributed by atoms with Gasteiger partial charge in [-0.1, -0.05) is 30.6 Å². The molecule has 0 spiro atoms. The molecule has 23 heavy (non-hydrogen) atoms. The van der Waals surface area contributed by atoms with E-state index in [2.05, 4.69) is 19.0 Å². The molecule has 1 rings (SSSR count). The molecule has 0 saturated heterocycles. The summed E-state index contributed by atoms with van der Waals surface area (Å²) in [6, 6.07) is 0. The van der Waals surface area contributed by atoms with Crippen molar-refractivity contribution in [2.75, 3.05) is 12.4 Å². The highest BCUT2D eigenvalue weighted by Crippen LogP contribution is 2.32. The lowest BCUT2D eigenvalue weighted by Crippen LogP contribution is -2.22. The molecule has 0 aromatic heterocycles. The molecule has 0 amide bonds. The lowest BCUT2D eigenvalue weighted by Gasteiger charge is -2.25. The van der Waals surface area contributed by atoms with Gasteiger partial charge in [0.1, 0.15) is 6.61 Å². The van der Waals surface area contributed by atoms with Gasteiger partial charge in [0.25, 0.3) is 0 Å². The van der Waals surface area contributed by atoms with Gasteiger partial charge in [0.15, 0.2) is 5.78 Å². The summed E-state index contributed by atoms with van der Waals surface area (Å²) in [6.45, 7) is 4.65. The maximum absolute atomic E-state index is 12.2. The van der Waals surface area contributed by atoms with Gasteiger partial charge in [-0.15, -0.1) is 0 Å². The Morgan fingerprint density at radius 3 is 2.96 bits per heavy atom. The van der Waals surface area contributed by atoms with E-state index in [4.69, 9.17) is 16.4 Å². The van der Waals surface area contributed by atoms with Crippen LogP contribution in [0.15, 0.2) is 28.1 Å². The normalized spacial score (nSPS) is 20.7. The summed E-state index contributed by atoms with van der Waals surface area (Å²) in [7, 11) is 0. The standard InChI is InChI=1S/C17H26ClNO3S/c1-3-23-13(2)10-14-11-16(20)15(17(21)12-14)6-4-8-19-22-9-5-7-18/h5,7-8,13-14,20H,3-4,6,9-12H2,1-2H3/b7-5?,19-8+. The van der Waals surface area contributed by atoms with E-state index in [0.29, 0.717) is 43.1 Å². The van der Waals surface area contributed by atoms with E-state index in [9.17, 15) is 9.90 Å². The number of Topliss-reactive ketones (excluding diaryl/α,β-unsaturated/α-hetero) is 1. The van der Waals surface area contributed by atoms with Gasteiger partial charge >= 0.3 is 0 Å². The van der Waals surface area contributed by atoms with Crippen LogP contribution in [0.1, 0.15) is 46.0 Å². The number of rotatable bonds is 10. The van der Waals surface area contributed by atoms with Crippen LogP contribution in [0.3, 0.4) is 0 Å². The van der Waals surface area contributed by atoms with Crippen molar-refractivity contribution in [3.63, 3.8) is 0 Å². The molecule has 2 atom stereocenters. The number of ketones is 1. The summed E-state index contributed by atoms with van der Waals surface area (Å²) in [5.74, 6) is 1.68. The zero-order valence-electron chi connectivity index (χ0n) is 13.8. The Morgan fingerprint density at radius 2 is 2.30 bits per heavy atom. The number of carbonyl (C=O) groups excluding carboxylic acids is 1. The van der Waals surface area contributed by atoms with Crippen LogP contribution < -0.4 is 0 Å². The van der Waals surface area contributed by atoms with Crippen molar-refractivity contribution in [3.05, 3.63) is 22.9 Å². The molecule has 2 unspecified atom stereocenters. The number of aliphatic hydroxyl groups excluding tert-OH is 1. The zero-order valence-corrected chi connectivity index (χ0v) is 15.4. The van der Waals surface area contributed by atoms with E-state index in [1.54, 1.807) is 12.3 Å². The number of carbonyl (C=O) groups is 1. The van der Waals surface area contributed by atoms with E-state index >= 15 is 0 Å². The first-order valence-corrected chi connectivity index (χ1v) is 9.51. The first-order valence-electron chi connectivity index (χ1n) is 8.03. The second-order valence-corrected chi connectivity index (χ2v) is 7.58. The summed E-state index contributed by atoms with van der Waals surface area (Å²) in [6.07, 6.45) is 6.46. The fourth-order valence-corrected chi connectivity index (χ4v) is 3.77. The molecule has 0 aromatic carbocycles. The average molecular weight is 360 g/mol. The SMILES string of the molecule is CCSC(C)CC1CC(=O)C(CC/C=N/OCC=CCl)=C(O)C1. The molecule has 0 saturated carbocycles. The second kappa shape index (κ2) is 11.6. The molecule has 1 aliphatic carbocycles. The quantitative estimate of drug-likeness (QED) is 0.344. The third-order valence-electron chi connectivity index (χ3n) is 3.69. The van der Waals surface area contributed by atoms with Gasteiger partial charge in [-0.2, -0.15) is 11.8 Å². The van der Waals surface area contributed by atoms with Crippen LogP contribution in [0.25, 0.3) is 0 Å². The summed E-state index contributed by atoms with van der Waals surface area (Å²) in [5.41, 5.74) is 1.93. The number of nitrogens with zero attached hydrogens (tertiary/aromatic N) is 1. The van der Waals surface area contributed by atoms with Gasteiger partial charge in [-0.25, -0.2) is 0 Å². The molecule has 0 fully saturated rings. The molecule has 0 radical (unpaired) electrons. The van der Waals surface area contributed by atoms with Crippen LogP contribution >= 0.6 is 23.4 Å². The number of thioether (sulfide) groups is 1. The predicted octanol–water partition coefficient (Wildman–Crippen LogP) is 4.84. The van der Waals surface area contributed by atoms with Crippen LogP contribution in [-0.2, 0) is 9.63 Å². The minimum atomic E-state index is 0.0758. The largest absolute Gasteiger partial charge is 0.512 e. The third kappa shape index (κ3) is 7.93. The molecule has 0 bridgehead atoms. The number of oxime groups is 1. The van der Waals surface area contributed by atoms with E-state index in [0.717, 1.165) is 12.2 Å². The Labute approximate surface area is 148 Å². The van der Waals surface area contributed by atoms with Crippen LogP contribution in [0, 0.1) is 5.92 Å². The van der Waals surface area contributed by atoms with Crippen LogP contribution in [0.2, 0.25) is 0 Å². The third-order valence-corrected chi connectivity index (χ3v) is 4.96. The lowest BCUT2D eigenvalue weighted by atomic mass is 9.83. The number of allylic oxidation sites excluding steroid dienone is 2. The molecule has 1 aliphatic rings. The van der Waals surface area contributed by atoms with Crippen molar-refractivity contribution in [1.29, 1.82) is 0 Å². The molecular weight excluding hydrogens is 334 g/mol. The Hall–Kier alpha value is -0.940. The van der Waals surface area contributed by atoms with E-state index in [1.807, 2.05) is 11.8 Å². The highest BCUT2D eigenvalue weighted by atomic mass is 35.5. The van der Waals surface area contributed by atoms with Crippen molar-refractivity contribution < 1.29 is 14.7 Å². The first kappa shape index (κ1) is 20.1. The number of halogens is 1. The van der Waals surface area contributed by atoms with Gasteiger partial charge in [-0.05, 0) is 37.0 Å². The second-order valence-electron chi connectivity index (χ2n) is 5.61. The molecule has 130 valence electrons. The Bertz CT molecular complexity index is 463. The number of hydrogen-bond acceptors (Lipinski definition) is 5. The lowest BCUT2D eigenvalue weighted by molar-refractivity contribution is -0.117. The van der Waals surface area contributed by atoms with E-state index < -0.39 is 0 Å². The van der Waals surface area contributed by atoms with Crippen LogP contribution in [-0.4, -0.2) is 34.7 Å². The molecule has 4 nitrogen and oxygen atoms in total. The predicted molar refractivity (Wildman–Crippen MR) is 98.3 cm³/mol. The van der Waals surface area contributed by atoms with Crippen molar-refractivity contribution in [2.45, 2.75) is 51.2 Å². The minimum Gasteiger partial charge on any atom is -0.512 e. The van der Waals surface area contributed by atoms with Gasteiger partial charge in [0, 0.05) is 35.4 Å². The summed E-state index contributed by atoms with van der Waals surface area (Å²) in [4.78, 5) is 17.2. The maximum atomic E-state index is 12.2. The Kier molecular flexibility index (Phi) is 10.1. The van der Waals surface area contributed by atoms with Gasteiger partial charge in [0.05, 0.1) is 5.76 Å². The average Bonchev–Trinajstić information content (AvgIpc) is 2.48. The van der Waals surface area contributed by atoms with E-state index in [-0.39, 0.29) is 17.5 Å². The molecule has 0 aliphatic heterocycles. The number of hydrogen-bond donors (Lipinski definition) is 1. The highest BCUT2D eigenvalue weighted by Gasteiger charge is 2.28. The fourth-order valence-electron chi connectivity index (χ4n) is 2.72. The maximum Gasteiger partial charge on any atom is 0.162 e. The first-order chi connectivity index (χ1) is 11.1. The summed E-state index contributed by atoms with van der Waals surface area (Å²) in [5, 5.41) is 14.5. The highest BCUT2D eigenvalue weighted by molar-refractivity contribution is 7.99.